The number of furan rings is 2. The van der Waals surface area contributed by atoms with Gasteiger partial charge in [-0.2, -0.15) is 0 Å². The topological polar surface area (TPSA) is 32.8 Å². The van der Waals surface area contributed by atoms with Crippen molar-refractivity contribution in [1.29, 1.82) is 0 Å². The Morgan fingerprint density at radius 2 is 0.740 bits per heavy atom. The van der Waals surface area contributed by atoms with Crippen molar-refractivity contribution in [2.45, 2.75) is 0 Å². The number of hydrogen-bond donors (Lipinski definition) is 0. The SMILES string of the molecule is c1ccc(-c2c(N3c4cccc5c4B(c4ccc6oc7ccccc7c6c43)c3ccc4oc6ccccc6c4c3N5c3ccc4c(sc5ccccc54)c3-c3ccccc3)ccc3c2sc2ccccc23)cc1. The lowest BCUT2D eigenvalue weighted by Gasteiger charge is -2.45. The van der Waals surface area contributed by atoms with E-state index in [4.69, 9.17) is 8.83 Å². The van der Waals surface area contributed by atoms with Gasteiger partial charge >= 0.3 is 0 Å². The van der Waals surface area contributed by atoms with Crippen molar-refractivity contribution in [2.75, 3.05) is 9.80 Å². The zero-order valence-electron chi connectivity index (χ0n) is 39.0. The van der Waals surface area contributed by atoms with Crippen LogP contribution >= 0.6 is 22.7 Å². The highest BCUT2D eigenvalue weighted by atomic mass is 32.1. The summed E-state index contributed by atoms with van der Waals surface area (Å²) in [6.45, 7) is -0.152. The smallest absolute Gasteiger partial charge is 0.252 e. The molecule has 73 heavy (non-hydrogen) atoms. The van der Waals surface area contributed by atoms with Crippen LogP contribution in [0.1, 0.15) is 0 Å². The molecule has 4 aromatic heterocycles. The minimum absolute atomic E-state index is 0.152. The highest BCUT2D eigenvalue weighted by Crippen LogP contribution is 2.55. The highest BCUT2D eigenvalue weighted by Gasteiger charge is 2.46. The Hall–Kier alpha value is -8.88. The van der Waals surface area contributed by atoms with Crippen molar-refractivity contribution in [3.05, 3.63) is 224 Å². The number of anilines is 6. The molecule has 338 valence electrons. The number of hydrogen-bond acceptors (Lipinski definition) is 6. The summed E-state index contributed by atoms with van der Waals surface area (Å²) in [5, 5.41) is 9.51. The molecule has 0 bridgehead atoms. The summed E-state index contributed by atoms with van der Waals surface area (Å²) < 4.78 is 18.8. The molecule has 0 amide bonds. The Bertz CT molecular complexity index is 4540. The maximum absolute atomic E-state index is 6.83. The number of benzene rings is 11. The van der Waals surface area contributed by atoms with Gasteiger partial charge in [0.25, 0.3) is 6.71 Å². The molecule has 0 radical (unpaired) electrons. The second-order valence-corrected chi connectivity index (χ2v) is 21.5. The van der Waals surface area contributed by atoms with Gasteiger partial charge in [0, 0.05) is 73.6 Å². The molecule has 0 saturated heterocycles. The fourth-order valence-corrected chi connectivity index (χ4v) is 15.3. The number of thiophene rings is 2. The van der Waals surface area contributed by atoms with Gasteiger partial charge in [0.2, 0.25) is 0 Å². The lowest BCUT2D eigenvalue weighted by atomic mass is 9.33. The molecule has 0 atom stereocenters. The van der Waals surface area contributed by atoms with Crippen molar-refractivity contribution >= 4 is 164 Å². The predicted molar refractivity (Wildman–Crippen MR) is 312 cm³/mol. The second-order valence-electron chi connectivity index (χ2n) is 19.4. The third-order valence-electron chi connectivity index (χ3n) is 15.7. The number of rotatable bonds is 4. The summed E-state index contributed by atoms with van der Waals surface area (Å²) in [6.07, 6.45) is 0. The van der Waals surface area contributed by atoms with E-state index in [2.05, 4.69) is 234 Å². The Balaban J connectivity index is 1.05. The van der Waals surface area contributed by atoms with Crippen LogP contribution in [0.4, 0.5) is 34.1 Å². The van der Waals surface area contributed by atoms with E-state index in [0.29, 0.717) is 0 Å². The van der Waals surface area contributed by atoms with E-state index < -0.39 is 0 Å². The monoisotopic (exact) mass is 964 g/mol. The van der Waals surface area contributed by atoms with Gasteiger partial charge in [-0.1, -0.05) is 164 Å². The van der Waals surface area contributed by atoms with Gasteiger partial charge in [0.15, 0.2) is 0 Å². The predicted octanol–water partition coefficient (Wildman–Crippen LogP) is 17.6. The average molecular weight is 965 g/mol. The van der Waals surface area contributed by atoms with Crippen LogP contribution in [0.3, 0.4) is 0 Å². The van der Waals surface area contributed by atoms with Crippen molar-refractivity contribution in [3.8, 4) is 22.3 Å². The second kappa shape index (κ2) is 14.8. The van der Waals surface area contributed by atoms with Gasteiger partial charge in [-0.3, -0.25) is 0 Å². The van der Waals surface area contributed by atoms with E-state index >= 15 is 0 Å². The summed E-state index contributed by atoms with van der Waals surface area (Å²) in [5.74, 6) is 0. The molecule has 0 fully saturated rings. The van der Waals surface area contributed by atoms with Crippen LogP contribution in [-0.4, -0.2) is 6.71 Å². The van der Waals surface area contributed by atoms with E-state index in [-0.39, 0.29) is 6.71 Å². The van der Waals surface area contributed by atoms with E-state index in [9.17, 15) is 0 Å². The summed E-state index contributed by atoms with van der Waals surface area (Å²) >= 11 is 3.77. The quantitative estimate of drug-likeness (QED) is 0.165. The van der Waals surface area contributed by atoms with E-state index in [1.54, 1.807) is 0 Å². The number of nitrogens with zero attached hydrogens (tertiary/aromatic N) is 2. The Morgan fingerprint density at radius 1 is 0.315 bits per heavy atom. The fourth-order valence-electron chi connectivity index (χ4n) is 12.7. The van der Waals surface area contributed by atoms with Gasteiger partial charge in [0.05, 0.1) is 33.5 Å². The van der Waals surface area contributed by atoms with Crippen LogP contribution in [0, 0.1) is 0 Å². The maximum atomic E-state index is 6.83. The van der Waals surface area contributed by atoms with Crippen LogP contribution in [0.2, 0.25) is 0 Å². The van der Waals surface area contributed by atoms with E-state index in [0.717, 1.165) is 78.0 Å². The van der Waals surface area contributed by atoms with E-state index in [1.807, 2.05) is 22.7 Å². The van der Waals surface area contributed by atoms with E-state index in [1.165, 1.54) is 79.0 Å². The summed E-state index contributed by atoms with van der Waals surface area (Å²) in [4.78, 5) is 5.20. The molecule has 6 heterocycles. The van der Waals surface area contributed by atoms with Crippen molar-refractivity contribution in [1.82, 2.24) is 0 Å². The molecule has 2 aliphatic rings. The molecule has 17 rings (SSSR count). The minimum Gasteiger partial charge on any atom is -0.456 e. The van der Waals surface area contributed by atoms with Crippen LogP contribution in [-0.2, 0) is 0 Å². The Morgan fingerprint density at radius 3 is 1.22 bits per heavy atom. The summed E-state index contributed by atoms with van der Waals surface area (Å²) in [7, 11) is 0. The lowest BCUT2D eigenvalue weighted by molar-refractivity contribution is 0.668. The summed E-state index contributed by atoms with van der Waals surface area (Å²) in [6, 6.07) is 82.4. The molecule has 0 unspecified atom stereocenters. The summed E-state index contributed by atoms with van der Waals surface area (Å²) in [5.41, 5.74) is 18.8. The minimum atomic E-state index is -0.152. The zero-order valence-corrected chi connectivity index (χ0v) is 40.6. The molecule has 0 saturated carbocycles. The third-order valence-corrected chi connectivity index (χ3v) is 18.1. The van der Waals surface area contributed by atoms with Gasteiger partial charge in [-0.25, -0.2) is 0 Å². The van der Waals surface area contributed by atoms with Crippen molar-refractivity contribution in [2.24, 2.45) is 0 Å². The molecule has 0 aliphatic carbocycles. The Kier molecular flexibility index (Phi) is 8.09. The first kappa shape index (κ1) is 39.8. The molecule has 2 aliphatic heterocycles. The molecule has 4 nitrogen and oxygen atoms in total. The van der Waals surface area contributed by atoms with Crippen LogP contribution in [0.25, 0.3) is 106 Å². The normalized spacial score (nSPS) is 13.1. The molecule has 15 aromatic rings. The standard InChI is InChI=1S/C66H37BN2O2S2/c1-3-16-38(17-4-1)58-48(34-30-42-40-20-9-13-28-56(40)72-65(42)58)68-50-24-15-25-51-62(50)67(46-32-36-54-60(63(46)68)44-22-7-11-26-52(44)70-54)47-33-37-55-61(45-23-8-12-27-53(45)71-55)64(47)69(51)49-35-31-43-41-21-10-14-29-57(41)73-66(43)59(49)39-18-5-2-6-19-39/h1-37H. The first-order valence-corrected chi connectivity index (χ1v) is 26.5. The lowest BCUT2D eigenvalue weighted by Crippen LogP contribution is -2.61. The fraction of sp³-hybridized carbons (Fsp3) is 0. The average Bonchev–Trinajstić information content (AvgIpc) is 4.26. The van der Waals surface area contributed by atoms with Gasteiger partial charge in [-0.05, 0) is 88.2 Å². The largest absolute Gasteiger partial charge is 0.456 e. The Labute approximate surface area is 426 Å². The molecular weight excluding hydrogens is 928 g/mol. The van der Waals surface area contributed by atoms with Gasteiger partial charge < -0.3 is 18.6 Å². The van der Waals surface area contributed by atoms with Gasteiger partial charge in [0.1, 0.15) is 22.3 Å². The highest BCUT2D eigenvalue weighted by molar-refractivity contribution is 7.26. The van der Waals surface area contributed by atoms with Crippen molar-refractivity contribution in [3.63, 3.8) is 0 Å². The number of para-hydroxylation sites is 2. The first-order valence-electron chi connectivity index (χ1n) is 24.9. The maximum Gasteiger partial charge on any atom is 0.252 e. The molecule has 7 heteroatoms. The zero-order chi connectivity index (χ0) is 47.5. The van der Waals surface area contributed by atoms with Crippen molar-refractivity contribution < 1.29 is 8.83 Å². The molecule has 0 N–H and O–H groups in total. The molecule has 11 aromatic carbocycles. The first-order chi connectivity index (χ1) is 36.2. The number of fused-ring (bicyclic) bond motifs is 18. The van der Waals surface area contributed by atoms with Crippen LogP contribution < -0.4 is 26.2 Å². The molecule has 0 spiro atoms. The van der Waals surface area contributed by atoms with Gasteiger partial charge in [-0.15, -0.1) is 22.7 Å². The third kappa shape index (κ3) is 5.39. The van der Waals surface area contributed by atoms with Crippen LogP contribution in [0.5, 0.6) is 0 Å². The van der Waals surface area contributed by atoms with Crippen LogP contribution in [0.15, 0.2) is 233 Å². The molecular formula is C66H37BN2O2S2.